The summed E-state index contributed by atoms with van der Waals surface area (Å²) in [5.41, 5.74) is -0.380. The van der Waals surface area contributed by atoms with Gasteiger partial charge >= 0.3 is 18.0 Å². The van der Waals surface area contributed by atoms with E-state index in [0.29, 0.717) is 19.3 Å². The highest BCUT2D eigenvalue weighted by Crippen LogP contribution is 2.50. The molecule has 1 amide bonds. The smallest absolute Gasteiger partial charge is 0.411 e. The van der Waals surface area contributed by atoms with Gasteiger partial charge < -0.3 is 14.2 Å². The van der Waals surface area contributed by atoms with Gasteiger partial charge in [0.2, 0.25) is 0 Å². The van der Waals surface area contributed by atoms with Crippen LogP contribution in [-0.2, 0) is 30.4 Å². The molecular formula is C21H28ClNO6. The Morgan fingerprint density at radius 2 is 1.76 bits per heavy atom. The molecule has 8 heteroatoms. The number of rotatable bonds is 9. The predicted octanol–water partition coefficient (Wildman–Crippen LogP) is 3.88. The van der Waals surface area contributed by atoms with Gasteiger partial charge in [-0.25, -0.2) is 4.79 Å². The number of hydrogen-bond donors (Lipinski definition) is 0. The van der Waals surface area contributed by atoms with E-state index in [1.54, 1.807) is 20.8 Å². The van der Waals surface area contributed by atoms with Gasteiger partial charge in [0.1, 0.15) is 18.8 Å². The minimum absolute atomic E-state index is 0.162. The largest absolute Gasteiger partial charge is 0.460 e. The number of ether oxygens (including phenoxy) is 3. The number of carbonyl (C=O) groups is 3. The summed E-state index contributed by atoms with van der Waals surface area (Å²) < 4.78 is 15.5. The Morgan fingerprint density at radius 1 is 1.10 bits per heavy atom. The molecule has 1 saturated carbocycles. The normalized spacial score (nSPS) is 14.6. The Hall–Kier alpha value is -2.28. The molecule has 0 aliphatic heterocycles. The van der Waals surface area contributed by atoms with Gasteiger partial charge in [-0.15, -0.1) is 0 Å². The summed E-state index contributed by atoms with van der Waals surface area (Å²) in [7, 11) is 0. The molecule has 1 fully saturated rings. The molecule has 7 nitrogen and oxygen atoms in total. The number of amides is 1. The summed E-state index contributed by atoms with van der Waals surface area (Å²) in [5.74, 6) is -0.843. The average Bonchev–Trinajstić information content (AvgIpc) is 3.44. The van der Waals surface area contributed by atoms with Crippen LogP contribution < -0.4 is 0 Å². The van der Waals surface area contributed by atoms with Crippen LogP contribution in [0.25, 0.3) is 0 Å². The van der Waals surface area contributed by atoms with Gasteiger partial charge in [-0.3, -0.25) is 14.5 Å². The lowest BCUT2D eigenvalue weighted by molar-refractivity contribution is -0.155. The fourth-order valence-corrected chi connectivity index (χ4v) is 2.93. The third-order valence-electron chi connectivity index (χ3n) is 4.54. The van der Waals surface area contributed by atoms with Crippen molar-refractivity contribution in [3.05, 3.63) is 35.9 Å². The van der Waals surface area contributed by atoms with Crippen molar-refractivity contribution in [2.45, 2.75) is 52.2 Å². The highest BCUT2D eigenvalue weighted by molar-refractivity contribution is 6.17. The van der Waals surface area contributed by atoms with Crippen LogP contribution in [0.15, 0.2) is 30.3 Å². The molecule has 2 rings (SSSR count). The van der Waals surface area contributed by atoms with Gasteiger partial charge in [0.05, 0.1) is 5.41 Å². The molecule has 0 atom stereocenters. The zero-order valence-corrected chi connectivity index (χ0v) is 17.9. The number of alkyl halides is 1. The van der Waals surface area contributed by atoms with Crippen molar-refractivity contribution in [3.63, 3.8) is 0 Å². The van der Waals surface area contributed by atoms with E-state index >= 15 is 0 Å². The number of halogens is 1. The van der Waals surface area contributed by atoms with Crippen LogP contribution in [-0.4, -0.2) is 47.7 Å². The summed E-state index contributed by atoms with van der Waals surface area (Å²) >= 11 is 5.48. The third kappa shape index (κ3) is 7.57. The average molecular weight is 426 g/mol. The van der Waals surface area contributed by atoms with Crippen LogP contribution in [0.5, 0.6) is 0 Å². The van der Waals surface area contributed by atoms with Crippen molar-refractivity contribution in [1.29, 1.82) is 0 Å². The minimum Gasteiger partial charge on any atom is -0.460 e. The fraction of sp³-hybridized carbons (Fsp3) is 0.571. The van der Waals surface area contributed by atoms with Crippen LogP contribution in [0, 0.1) is 5.41 Å². The van der Waals surface area contributed by atoms with Gasteiger partial charge in [-0.1, -0.05) is 41.9 Å². The van der Waals surface area contributed by atoms with E-state index in [9.17, 15) is 14.4 Å². The molecule has 0 aromatic heterocycles. The summed E-state index contributed by atoms with van der Waals surface area (Å²) in [6.45, 7) is 5.33. The molecule has 29 heavy (non-hydrogen) atoms. The predicted molar refractivity (Wildman–Crippen MR) is 107 cm³/mol. The monoisotopic (exact) mass is 425 g/mol. The topological polar surface area (TPSA) is 82.1 Å². The molecule has 0 unspecified atom stereocenters. The van der Waals surface area contributed by atoms with Gasteiger partial charge in [-0.05, 0) is 45.6 Å². The standard InChI is InChI=1S/C21H28ClNO6/c1-20(2,3)29-17(24)13-23(19(26)28-15-22)12-11-21(9-10-21)18(25)27-14-16-7-5-4-6-8-16/h4-8H,9-15H2,1-3H3. The second-order valence-corrected chi connectivity index (χ2v) is 8.34. The second kappa shape index (κ2) is 9.96. The molecule has 0 N–H and O–H groups in total. The number of benzene rings is 1. The molecule has 1 aliphatic carbocycles. The number of nitrogens with zero attached hydrogens (tertiary/aromatic N) is 1. The van der Waals surface area contributed by atoms with Crippen molar-refractivity contribution in [1.82, 2.24) is 4.90 Å². The Morgan fingerprint density at radius 3 is 2.31 bits per heavy atom. The van der Waals surface area contributed by atoms with Crippen molar-refractivity contribution in [2.24, 2.45) is 5.41 Å². The quantitative estimate of drug-likeness (QED) is 0.339. The molecule has 1 aliphatic rings. The SMILES string of the molecule is CC(C)(C)OC(=O)CN(CCC1(C(=O)OCc2ccccc2)CC1)C(=O)OCCl. The highest BCUT2D eigenvalue weighted by atomic mass is 35.5. The molecule has 0 bridgehead atoms. The van der Waals surface area contributed by atoms with Gasteiger partial charge in [0.25, 0.3) is 0 Å². The Labute approximate surface area is 176 Å². The zero-order chi connectivity index (χ0) is 21.5. The van der Waals surface area contributed by atoms with E-state index in [4.69, 9.17) is 25.8 Å². The van der Waals surface area contributed by atoms with Gasteiger partial charge in [-0.2, -0.15) is 0 Å². The van der Waals surface area contributed by atoms with Crippen LogP contribution in [0.2, 0.25) is 0 Å². The van der Waals surface area contributed by atoms with Crippen LogP contribution >= 0.6 is 11.6 Å². The maximum Gasteiger partial charge on any atom is 0.411 e. The van der Waals surface area contributed by atoms with Crippen molar-refractivity contribution in [3.8, 4) is 0 Å². The van der Waals surface area contributed by atoms with Gasteiger partial charge in [0.15, 0.2) is 6.07 Å². The minimum atomic E-state index is -0.723. The molecule has 1 aromatic rings. The van der Waals surface area contributed by atoms with E-state index in [2.05, 4.69) is 0 Å². The van der Waals surface area contributed by atoms with E-state index in [-0.39, 0.29) is 31.7 Å². The lowest BCUT2D eigenvalue weighted by Gasteiger charge is -2.25. The van der Waals surface area contributed by atoms with Crippen molar-refractivity contribution in [2.75, 3.05) is 19.2 Å². The fourth-order valence-electron chi connectivity index (χ4n) is 2.83. The van der Waals surface area contributed by atoms with Crippen LogP contribution in [0.4, 0.5) is 4.79 Å². The summed E-state index contributed by atoms with van der Waals surface area (Å²) in [6.07, 6.45) is 1.02. The van der Waals surface area contributed by atoms with Crippen molar-refractivity contribution < 1.29 is 28.6 Å². The Kier molecular flexibility index (Phi) is 7.90. The summed E-state index contributed by atoms with van der Waals surface area (Å²) in [5, 5.41) is 0. The highest BCUT2D eigenvalue weighted by Gasteiger charge is 2.51. The van der Waals surface area contributed by atoms with E-state index in [1.807, 2.05) is 30.3 Å². The maximum absolute atomic E-state index is 12.5. The molecule has 0 radical (unpaired) electrons. The first-order valence-corrected chi connectivity index (χ1v) is 10.1. The van der Waals surface area contributed by atoms with Gasteiger partial charge in [0, 0.05) is 6.54 Å². The molecule has 0 heterocycles. The second-order valence-electron chi connectivity index (χ2n) is 8.12. The van der Waals surface area contributed by atoms with Crippen LogP contribution in [0.3, 0.4) is 0 Å². The number of carbonyl (C=O) groups excluding carboxylic acids is 3. The number of esters is 2. The summed E-state index contributed by atoms with van der Waals surface area (Å²) in [4.78, 5) is 38.0. The van der Waals surface area contributed by atoms with E-state index in [0.717, 1.165) is 5.56 Å². The molecule has 0 saturated heterocycles. The lowest BCUT2D eigenvalue weighted by atomic mass is 10.0. The lowest BCUT2D eigenvalue weighted by Crippen LogP contribution is -2.40. The first-order valence-electron chi connectivity index (χ1n) is 9.56. The van der Waals surface area contributed by atoms with E-state index in [1.165, 1.54) is 4.90 Å². The maximum atomic E-state index is 12.5. The molecular weight excluding hydrogens is 398 g/mol. The zero-order valence-electron chi connectivity index (χ0n) is 17.1. The molecule has 0 spiro atoms. The molecule has 1 aromatic carbocycles. The first-order chi connectivity index (χ1) is 13.6. The van der Waals surface area contributed by atoms with Crippen LogP contribution in [0.1, 0.15) is 45.6 Å². The third-order valence-corrected chi connectivity index (χ3v) is 4.64. The Bertz CT molecular complexity index is 712. The van der Waals surface area contributed by atoms with E-state index < -0.39 is 23.1 Å². The first kappa shape index (κ1) is 23.0. The Balaban J connectivity index is 1.91. The molecule has 160 valence electrons. The van der Waals surface area contributed by atoms with Crippen molar-refractivity contribution >= 4 is 29.6 Å². The number of hydrogen-bond acceptors (Lipinski definition) is 6. The summed E-state index contributed by atoms with van der Waals surface area (Å²) in [6, 6.07) is 9.11.